The summed E-state index contributed by atoms with van der Waals surface area (Å²) in [5.41, 5.74) is 0.831. The molecule has 7 nitrogen and oxygen atoms in total. The van der Waals surface area contributed by atoms with Gasteiger partial charge in [0, 0.05) is 49.1 Å². The minimum Gasteiger partial charge on any atom is -0.377 e. The molecule has 2 aromatic rings. The van der Waals surface area contributed by atoms with Crippen LogP contribution in [0.2, 0.25) is 0 Å². The van der Waals surface area contributed by atoms with Gasteiger partial charge in [-0.3, -0.25) is 4.79 Å². The van der Waals surface area contributed by atoms with Crippen molar-refractivity contribution in [1.82, 2.24) is 19.1 Å². The van der Waals surface area contributed by atoms with Crippen molar-refractivity contribution in [3.05, 3.63) is 34.0 Å². The van der Waals surface area contributed by atoms with E-state index in [0.717, 1.165) is 29.7 Å². The lowest BCUT2D eigenvalue weighted by molar-refractivity contribution is 0.179. The van der Waals surface area contributed by atoms with Crippen molar-refractivity contribution in [2.75, 3.05) is 25.1 Å². The van der Waals surface area contributed by atoms with E-state index in [0.29, 0.717) is 19.1 Å². The number of methoxy groups -OCH3 is 1. The van der Waals surface area contributed by atoms with Gasteiger partial charge in [0.05, 0.1) is 12.2 Å². The van der Waals surface area contributed by atoms with Crippen molar-refractivity contribution in [3.8, 4) is 0 Å². The van der Waals surface area contributed by atoms with E-state index >= 15 is 0 Å². The van der Waals surface area contributed by atoms with E-state index in [9.17, 15) is 4.79 Å². The molecule has 3 heterocycles. The molecule has 0 amide bonds. The Morgan fingerprint density at radius 1 is 1.33 bits per heavy atom. The minimum absolute atomic E-state index is 0.0419. The Labute approximate surface area is 145 Å². The number of rotatable bonds is 5. The van der Waals surface area contributed by atoms with Gasteiger partial charge in [0.25, 0.3) is 5.56 Å². The minimum atomic E-state index is -0.0641. The standard InChI is InChI=1S/C16H23N5O2S/c1-16(2,3)12-5-6-14(22)21(18-12)9-11-7-20(8-11)15-17-13(10-23-4)19-24-15/h5-6,11H,7-10H2,1-4H3. The summed E-state index contributed by atoms with van der Waals surface area (Å²) in [6.07, 6.45) is 0. The van der Waals surface area contributed by atoms with E-state index in [2.05, 4.69) is 40.1 Å². The third kappa shape index (κ3) is 3.64. The average molecular weight is 349 g/mol. The first-order chi connectivity index (χ1) is 11.4. The molecular weight excluding hydrogens is 326 g/mol. The molecule has 24 heavy (non-hydrogen) atoms. The number of aromatic nitrogens is 4. The fourth-order valence-corrected chi connectivity index (χ4v) is 3.32. The summed E-state index contributed by atoms with van der Waals surface area (Å²) in [6.45, 7) is 9.12. The van der Waals surface area contributed by atoms with Crippen LogP contribution < -0.4 is 10.5 Å². The number of hydrogen-bond acceptors (Lipinski definition) is 7. The zero-order chi connectivity index (χ0) is 17.3. The maximum Gasteiger partial charge on any atom is 0.266 e. The Morgan fingerprint density at radius 3 is 2.75 bits per heavy atom. The molecular formula is C16H23N5O2S. The lowest BCUT2D eigenvalue weighted by Gasteiger charge is -2.38. The van der Waals surface area contributed by atoms with Gasteiger partial charge in [0.1, 0.15) is 6.61 Å². The molecule has 8 heteroatoms. The van der Waals surface area contributed by atoms with Gasteiger partial charge in [0.15, 0.2) is 5.82 Å². The molecule has 0 atom stereocenters. The molecule has 1 aliphatic heterocycles. The fourth-order valence-electron chi connectivity index (χ4n) is 2.63. The second kappa shape index (κ2) is 6.60. The first kappa shape index (κ1) is 17.0. The third-order valence-corrected chi connectivity index (χ3v) is 4.84. The molecule has 1 saturated heterocycles. The smallest absolute Gasteiger partial charge is 0.266 e. The highest BCUT2D eigenvalue weighted by Gasteiger charge is 2.30. The summed E-state index contributed by atoms with van der Waals surface area (Å²) in [5, 5.41) is 5.45. The molecule has 1 fully saturated rings. The van der Waals surface area contributed by atoms with Gasteiger partial charge in [-0.05, 0) is 6.07 Å². The molecule has 2 aromatic heterocycles. The van der Waals surface area contributed by atoms with Crippen molar-refractivity contribution in [2.24, 2.45) is 5.92 Å². The van der Waals surface area contributed by atoms with Crippen molar-refractivity contribution in [1.29, 1.82) is 0 Å². The lowest BCUT2D eigenvalue weighted by Crippen LogP contribution is -2.49. The lowest BCUT2D eigenvalue weighted by atomic mass is 9.92. The summed E-state index contributed by atoms with van der Waals surface area (Å²) >= 11 is 1.39. The van der Waals surface area contributed by atoms with E-state index in [1.165, 1.54) is 11.5 Å². The molecule has 0 N–H and O–H groups in total. The van der Waals surface area contributed by atoms with Crippen molar-refractivity contribution >= 4 is 16.7 Å². The molecule has 0 aliphatic carbocycles. The zero-order valence-electron chi connectivity index (χ0n) is 14.5. The highest BCUT2D eigenvalue weighted by Crippen LogP contribution is 2.27. The van der Waals surface area contributed by atoms with Gasteiger partial charge >= 0.3 is 0 Å². The van der Waals surface area contributed by atoms with Crippen LogP contribution in [0.3, 0.4) is 0 Å². The molecule has 130 valence electrons. The molecule has 0 aromatic carbocycles. The number of nitrogens with zero attached hydrogens (tertiary/aromatic N) is 5. The van der Waals surface area contributed by atoms with Gasteiger partial charge in [-0.15, -0.1) is 0 Å². The summed E-state index contributed by atoms with van der Waals surface area (Å²) in [6, 6.07) is 3.44. The van der Waals surface area contributed by atoms with Gasteiger partial charge in [-0.2, -0.15) is 9.47 Å². The first-order valence-corrected chi connectivity index (χ1v) is 8.79. The number of ether oxygens (including phenoxy) is 1. The van der Waals surface area contributed by atoms with Crippen molar-refractivity contribution in [3.63, 3.8) is 0 Å². The Kier molecular flexibility index (Phi) is 4.69. The summed E-state index contributed by atoms with van der Waals surface area (Å²) in [7, 11) is 1.64. The molecule has 0 unspecified atom stereocenters. The molecule has 0 bridgehead atoms. The number of anilines is 1. The second-order valence-corrected chi connectivity index (χ2v) is 7.92. The largest absolute Gasteiger partial charge is 0.377 e. The topological polar surface area (TPSA) is 73.1 Å². The molecule has 0 spiro atoms. The van der Waals surface area contributed by atoms with Crippen molar-refractivity contribution < 1.29 is 4.74 Å². The normalized spacial score (nSPS) is 15.6. The molecule has 0 radical (unpaired) electrons. The average Bonchev–Trinajstić information content (AvgIpc) is 2.91. The van der Waals surface area contributed by atoms with Gasteiger partial charge in [0.2, 0.25) is 5.13 Å². The maximum atomic E-state index is 12.1. The quantitative estimate of drug-likeness (QED) is 0.818. The third-order valence-electron chi connectivity index (χ3n) is 4.02. The highest BCUT2D eigenvalue weighted by atomic mass is 32.1. The molecule has 3 rings (SSSR count). The SMILES string of the molecule is COCc1nsc(N2CC(Cn3nc(C(C)(C)C)ccc3=O)C2)n1. The maximum absolute atomic E-state index is 12.1. The van der Waals surface area contributed by atoms with E-state index < -0.39 is 0 Å². The van der Waals surface area contributed by atoms with Crippen LogP contribution in [-0.2, 0) is 23.3 Å². The van der Waals surface area contributed by atoms with Gasteiger partial charge < -0.3 is 9.64 Å². The predicted octanol–water partition coefficient (Wildman–Crippen LogP) is 1.68. The summed E-state index contributed by atoms with van der Waals surface area (Å²) in [4.78, 5) is 18.7. The van der Waals surface area contributed by atoms with Crippen LogP contribution in [0.4, 0.5) is 5.13 Å². The molecule has 1 aliphatic rings. The van der Waals surface area contributed by atoms with Crippen molar-refractivity contribution in [2.45, 2.75) is 39.3 Å². The van der Waals surface area contributed by atoms with Crippen LogP contribution in [0.15, 0.2) is 16.9 Å². The van der Waals surface area contributed by atoms with E-state index in [-0.39, 0.29) is 11.0 Å². The van der Waals surface area contributed by atoms with E-state index in [1.807, 2.05) is 6.07 Å². The Balaban J connectivity index is 1.62. The Bertz CT molecular complexity index is 758. The Morgan fingerprint density at radius 2 is 2.08 bits per heavy atom. The fraction of sp³-hybridized carbons (Fsp3) is 0.625. The zero-order valence-corrected chi connectivity index (χ0v) is 15.3. The summed E-state index contributed by atoms with van der Waals surface area (Å²) < 4.78 is 10.9. The monoisotopic (exact) mass is 349 g/mol. The second-order valence-electron chi connectivity index (χ2n) is 7.19. The summed E-state index contributed by atoms with van der Waals surface area (Å²) in [5.74, 6) is 1.12. The van der Waals surface area contributed by atoms with Crippen LogP contribution in [0, 0.1) is 5.92 Å². The first-order valence-electron chi connectivity index (χ1n) is 8.02. The van der Waals surface area contributed by atoms with Crippen LogP contribution in [0.5, 0.6) is 0 Å². The predicted molar refractivity (Wildman–Crippen MR) is 93.5 cm³/mol. The van der Waals surface area contributed by atoms with Gasteiger partial charge in [-0.1, -0.05) is 20.8 Å². The van der Waals surface area contributed by atoms with Crippen LogP contribution in [0.1, 0.15) is 32.3 Å². The van der Waals surface area contributed by atoms with Crippen LogP contribution in [0.25, 0.3) is 0 Å². The van der Waals surface area contributed by atoms with E-state index in [4.69, 9.17) is 4.74 Å². The van der Waals surface area contributed by atoms with Crippen LogP contribution in [-0.4, -0.2) is 39.3 Å². The van der Waals surface area contributed by atoms with Crippen LogP contribution >= 0.6 is 11.5 Å². The van der Waals surface area contributed by atoms with Gasteiger partial charge in [-0.25, -0.2) is 9.67 Å². The molecule has 0 saturated carbocycles. The number of hydrogen-bond donors (Lipinski definition) is 0. The Hall–Kier alpha value is -1.80. The van der Waals surface area contributed by atoms with E-state index in [1.54, 1.807) is 17.9 Å². The highest BCUT2D eigenvalue weighted by molar-refractivity contribution is 7.09.